The van der Waals surface area contributed by atoms with Crippen molar-refractivity contribution in [2.45, 2.75) is 6.04 Å². The third-order valence-corrected chi connectivity index (χ3v) is 2.32. The minimum Gasteiger partial charge on any atom is -0.496 e. The lowest BCUT2D eigenvalue weighted by molar-refractivity contribution is 0.331. The molecule has 4 heteroatoms. The smallest absolute Gasteiger partial charge is 0.131 e. The van der Waals surface area contributed by atoms with Gasteiger partial charge in [-0.3, -0.25) is 0 Å². The van der Waals surface area contributed by atoms with Crippen molar-refractivity contribution in [3.8, 4) is 17.2 Å². The largest absolute Gasteiger partial charge is 0.496 e. The zero-order valence-electron chi connectivity index (χ0n) is 8.24. The van der Waals surface area contributed by atoms with Gasteiger partial charge in [0, 0.05) is 12.1 Å². The van der Waals surface area contributed by atoms with Gasteiger partial charge in [-0.25, -0.2) is 0 Å². The fourth-order valence-corrected chi connectivity index (χ4v) is 1.61. The Labute approximate surface area is 82.6 Å². The van der Waals surface area contributed by atoms with Crippen molar-refractivity contribution in [2.24, 2.45) is 5.73 Å². The summed E-state index contributed by atoms with van der Waals surface area (Å²) in [6, 6.07) is 3.53. The number of hydrogen-bond acceptors (Lipinski definition) is 4. The van der Waals surface area contributed by atoms with Crippen LogP contribution in [0.3, 0.4) is 0 Å². The zero-order valence-corrected chi connectivity index (χ0v) is 8.24. The van der Waals surface area contributed by atoms with Gasteiger partial charge in [0.25, 0.3) is 0 Å². The SMILES string of the molecule is COc1cc(OC)c2c(c1)OC[C@H]2N. The summed E-state index contributed by atoms with van der Waals surface area (Å²) in [5.41, 5.74) is 6.79. The highest BCUT2D eigenvalue weighted by Crippen LogP contribution is 2.41. The molecule has 0 aromatic heterocycles. The second-order valence-electron chi connectivity index (χ2n) is 3.16. The van der Waals surface area contributed by atoms with E-state index in [4.69, 9.17) is 19.9 Å². The van der Waals surface area contributed by atoms with E-state index in [9.17, 15) is 0 Å². The van der Waals surface area contributed by atoms with E-state index in [1.165, 1.54) is 0 Å². The first-order valence-electron chi connectivity index (χ1n) is 4.40. The van der Waals surface area contributed by atoms with E-state index < -0.39 is 0 Å². The monoisotopic (exact) mass is 195 g/mol. The quantitative estimate of drug-likeness (QED) is 0.767. The molecule has 1 atom stereocenters. The van der Waals surface area contributed by atoms with Crippen LogP contribution in [0.15, 0.2) is 12.1 Å². The summed E-state index contributed by atoms with van der Waals surface area (Å²) in [5.74, 6) is 2.20. The van der Waals surface area contributed by atoms with Crippen molar-refractivity contribution in [3.05, 3.63) is 17.7 Å². The van der Waals surface area contributed by atoms with E-state index in [0.717, 1.165) is 22.8 Å². The van der Waals surface area contributed by atoms with Gasteiger partial charge < -0.3 is 19.9 Å². The molecule has 0 saturated heterocycles. The Hall–Kier alpha value is -1.42. The second-order valence-corrected chi connectivity index (χ2v) is 3.16. The molecule has 0 unspecified atom stereocenters. The molecule has 1 aliphatic heterocycles. The highest BCUT2D eigenvalue weighted by atomic mass is 16.5. The maximum Gasteiger partial charge on any atom is 0.131 e. The zero-order chi connectivity index (χ0) is 10.1. The van der Waals surface area contributed by atoms with Crippen LogP contribution in [0.25, 0.3) is 0 Å². The minimum atomic E-state index is -0.106. The Bertz CT molecular complexity index is 351. The van der Waals surface area contributed by atoms with Crippen LogP contribution in [0.5, 0.6) is 17.2 Å². The summed E-state index contributed by atoms with van der Waals surface area (Å²) < 4.78 is 15.8. The molecule has 0 amide bonds. The lowest BCUT2D eigenvalue weighted by atomic mass is 10.1. The Kier molecular flexibility index (Phi) is 2.21. The van der Waals surface area contributed by atoms with Crippen molar-refractivity contribution in [1.29, 1.82) is 0 Å². The van der Waals surface area contributed by atoms with Crippen LogP contribution in [0.4, 0.5) is 0 Å². The van der Waals surface area contributed by atoms with Crippen molar-refractivity contribution in [1.82, 2.24) is 0 Å². The average molecular weight is 195 g/mol. The van der Waals surface area contributed by atoms with Crippen LogP contribution in [0.2, 0.25) is 0 Å². The number of rotatable bonds is 2. The number of fused-ring (bicyclic) bond motifs is 1. The molecule has 0 aliphatic carbocycles. The molecule has 2 N–H and O–H groups in total. The molecular weight excluding hydrogens is 182 g/mol. The summed E-state index contributed by atoms with van der Waals surface area (Å²) in [4.78, 5) is 0. The molecule has 4 nitrogen and oxygen atoms in total. The molecule has 2 rings (SSSR count). The first-order chi connectivity index (χ1) is 6.76. The van der Waals surface area contributed by atoms with Gasteiger partial charge in [-0.15, -0.1) is 0 Å². The predicted octanol–water partition coefficient (Wildman–Crippen LogP) is 1.10. The Morgan fingerprint density at radius 1 is 1.36 bits per heavy atom. The van der Waals surface area contributed by atoms with E-state index in [2.05, 4.69) is 0 Å². The lowest BCUT2D eigenvalue weighted by Crippen LogP contribution is -2.11. The Morgan fingerprint density at radius 2 is 2.14 bits per heavy atom. The first-order valence-corrected chi connectivity index (χ1v) is 4.40. The maximum atomic E-state index is 5.87. The van der Waals surface area contributed by atoms with Gasteiger partial charge in [0.2, 0.25) is 0 Å². The van der Waals surface area contributed by atoms with Crippen LogP contribution < -0.4 is 19.9 Å². The third-order valence-electron chi connectivity index (χ3n) is 2.32. The van der Waals surface area contributed by atoms with Gasteiger partial charge in [-0.2, -0.15) is 0 Å². The Morgan fingerprint density at radius 3 is 2.79 bits per heavy atom. The van der Waals surface area contributed by atoms with E-state index in [0.29, 0.717) is 6.61 Å². The van der Waals surface area contributed by atoms with Crippen LogP contribution in [0, 0.1) is 0 Å². The average Bonchev–Trinajstić information content (AvgIpc) is 2.59. The molecule has 76 valence electrons. The van der Waals surface area contributed by atoms with Crippen molar-refractivity contribution in [2.75, 3.05) is 20.8 Å². The van der Waals surface area contributed by atoms with Gasteiger partial charge in [0.05, 0.1) is 25.8 Å². The molecule has 0 spiro atoms. The number of nitrogens with two attached hydrogens (primary N) is 1. The highest BCUT2D eigenvalue weighted by Gasteiger charge is 2.25. The standard InChI is InChI=1S/C10H13NO3/c1-12-6-3-8(13-2)10-7(11)5-14-9(10)4-6/h3-4,7H,5,11H2,1-2H3/t7-/m1/s1. The van der Waals surface area contributed by atoms with E-state index in [-0.39, 0.29) is 6.04 Å². The Balaban J connectivity index is 2.52. The molecule has 0 radical (unpaired) electrons. The lowest BCUT2D eigenvalue weighted by Gasteiger charge is -2.10. The third kappa shape index (κ3) is 1.28. The normalized spacial score (nSPS) is 18.6. The van der Waals surface area contributed by atoms with E-state index in [1.54, 1.807) is 14.2 Å². The van der Waals surface area contributed by atoms with Gasteiger partial charge in [-0.05, 0) is 0 Å². The maximum absolute atomic E-state index is 5.87. The molecule has 0 fully saturated rings. The summed E-state index contributed by atoms with van der Waals surface area (Å²) in [7, 11) is 3.22. The van der Waals surface area contributed by atoms with E-state index >= 15 is 0 Å². The van der Waals surface area contributed by atoms with Crippen LogP contribution in [0.1, 0.15) is 11.6 Å². The molecule has 1 aromatic rings. The molecule has 1 aliphatic rings. The summed E-state index contributed by atoms with van der Waals surface area (Å²) >= 11 is 0. The topological polar surface area (TPSA) is 53.7 Å². The number of hydrogen-bond donors (Lipinski definition) is 1. The molecule has 0 saturated carbocycles. The molecular formula is C10H13NO3. The molecule has 14 heavy (non-hydrogen) atoms. The van der Waals surface area contributed by atoms with Crippen LogP contribution >= 0.6 is 0 Å². The van der Waals surface area contributed by atoms with Crippen LogP contribution in [-0.2, 0) is 0 Å². The second kappa shape index (κ2) is 3.38. The molecule has 1 heterocycles. The number of ether oxygens (including phenoxy) is 3. The van der Waals surface area contributed by atoms with Gasteiger partial charge in [0.15, 0.2) is 0 Å². The fourth-order valence-electron chi connectivity index (χ4n) is 1.61. The fraction of sp³-hybridized carbons (Fsp3) is 0.400. The molecule has 0 bridgehead atoms. The highest BCUT2D eigenvalue weighted by molar-refractivity contribution is 5.54. The van der Waals surface area contributed by atoms with Crippen LogP contribution in [-0.4, -0.2) is 20.8 Å². The molecule has 1 aromatic carbocycles. The van der Waals surface area contributed by atoms with Crippen molar-refractivity contribution in [3.63, 3.8) is 0 Å². The predicted molar refractivity (Wildman–Crippen MR) is 52.0 cm³/mol. The summed E-state index contributed by atoms with van der Waals surface area (Å²) in [5, 5.41) is 0. The summed E-state index contributed by atoms with van der Waals surface area (Å²) in [6.45, 7) is 0.499. The number of methoxy groups -OCH3 is 2. The van der Waals surface area contributed by atoms with Crippen molar-refractivity contribution >= 4 is 0 Å². The summed E-state index contributed by atoms with van der Waals surface area (Å²) in [6.07, 6.45) is 0. The van der Waals surface area contributed by atoms with Gasteiger partial charge in [0.1, 0.15) is 23.9 Å². The van der Waals surface area contributed by atoms with Crippen molar-refractivity contribution < 1.29 is 14.2 Å². The minimum absolute atomic E-state index is 0.106. The first kappa shape index (κ1) is 9.15. The number of benzene rings is 1. The van der Waals surface area contributed by atoms with Gasteiger partial charge >= 0.3 is 0 Å². The van der Waals surface area contributed by atoms with E-state index in [1.807, 2.05) is 12.1 Å². The van der Waals surface area contributed by atoms with Gasteiger partial charge in [-0.1, -0.05) is 0 Å².